The molecule has 17 aromatic rings. The molecule has 6 heterocycles. The van der Waals surface area contributed by atoms with Gasteiger partial charge in [-0.2, -0.15) is 0 Å². The van der Waals surface area contributed by atoms with Gasteiger partial charge in [0.2, 0.25) is 0 Å². The molecule has 21 rings (SSSR count). The monoisotopic (exact) mass is 1470 g/mol. The number of hydrogen-bond acceptors (Lipinski definition) is 4. The first-order chi connectivity index (χ1) is 55.1. The molecule has 0 saturated heterocycles. The molecule has 0 radical (unpaired) electrons. The largest absolute Gasteiger partial charge is 0.311 e. The van der Waals surface area contributed by atoms with Crippen molar-refractivity contribution >= 4 is 158 Å². The van der Waals surface area contributed by atoms with Crippen LogP contribution in [0.4, 0.5) is 68.2 Å². The Kier molecular flexibility index (Phi) is 15.4. The van der Waals surface area contributed by atoms with Gasteiger partial charge in [0.05, 0.1) is 39.1 Å². The molecular weight excluding hydrogens is 1380 g/mol. The normalized spacial score (nSPS) is 13.7. The van der Waals surface area contributed by atoms with E-state index in [2.05, 4.69) is 439 Å². The molecule has 0 N–H and O–H groups in total. The van der Waals surface area contributed by atoms with Gasteiger partial charge in [-0.05, 0) is 191 Å². The van der Waals surface area contributed by atoms with E-state index in [9.17, 15) is 0 Å². The average molecular weight is 1470 g/mol. The van der Waals surface area contributed by atoms with Crippen LogP contribution >= 0.6 is 0 Å². The summed E-state index contributed by atoms with van der Waals surface area (Å²) in [6, 6.07) is 126. The summed E-state index contributed by atoms with van der Waals surface area (Å²) in [5, 5.41) is 4.93. The van der Waals surface area contributed by atoms with Crippen molar-refractivity contribution in [2.24, 2.45) is 0 Å². The highest BCUT2D eigenvalue weighted by Crippen LogP contribution is 2.55. The van der Waals surface area contributed by atoms with Gasteiger partial charge in [-0.3, -0.25) is 0 Å². The van der Waals surface area contributed by atoms with Gasteiger partial charge >= 0.3 is 0 Å². The van der Waals surface area contributed by atoms with Gasteiger partial charge in [-0.15, -0.1) is 0 Å². The van der Waals surface area contributed by atoms with Crippen molar-refractivity contribution in [3.63, 3.8) is 0 Å². The van der Waals surface area contributed by atoms with Crippen LogP contribution in [0.5, 0.6) is 0 Å². The number of anilines is 12. The maximum absolute atomic E-state index is 2.75. The third kappa shape index (κ3) is 10.7. The van der Waals surface area contributed by atoms with E-state index in [-0.39, 0.29) is 35.1 Å². The predicted octanol–water partition coefficient (Wildman–Crippen LogP) is 24.6. The number of para-hydroxylation sites is 6. The van der Waals surface area contributed by atoms with Crippen LogP contribution < -0.4 is 52.4 Å². The van der Waals surface area contributed by atoms with Gasteiger partial charge in [0.15, 0.2) is 0 Å². The fraction of sp³-hybridized carbons (Fsp3) is 0.151. The van der Waals surface area contributed by atoms with E-state index in [1.165, 1.54) is 98.6 Å². The van der Waals surface area contributed by atoms with Gasteiger partial charge in [-0.25, -0.2) is 0 Å². The predicted molar refractivity (Wildman–Crippen MR) is 489 cm³/mol. The van der Waals surface area contributed by atoms with Crippen LogP contribution in [-0.4, -0.2) is 22.6 Å². The molecule has 2 aromatic heterocycles. The Hall–Kier alpha value is -12.8. The number of rotatable bonds is 8. The molecular formula is C106H90B2N6. The second-order valence-electron chi connectivity index (χ2n) is 36.1. The molecule has 8 heteroatoms. The van der Waals surface area contributed by atoms with E-state index in [0.29, 0.717) is 0 Å². The average Bonchev–Trinajstić information content (AvgIpc) is 0.708. The molecule has 0 unspecified atom stereocenters. The van der Waals surface area contributed by atoms with Crippen molar-refractivity contribution in [2.45, 2.75) is 105 Å². The fourth-order valence-electron chi connectivity index (χ4n) is 19.4. The first-order valence-corrected chi connectivity index (χ1v) is 40.6. The van der Waals surface area contributed by atoms with Crippen LogP contribution in [0, 0.1) is 0 Å². The van der Waals surface area contributed by atoms with E-state index in [1.54, 1.807) is 0 Å². The van der Waals surface area contributed by atoms with Crippen molar-refractivity contribution in [1.29, 1.82) is 0 Å². The summed E-state index contributed by atoms with van der Waals surface area (Å²) in [7, 11) is 0. The number of fused-ring (bicyclic) bond motifs is 14. The second-order valence-corrected chi connectivity index (χ2v) is 36.1. The Morgan fingerprint density at radius 2 is 0.500 bits per heavy atom. The van der Waals surface area contributed by atoms with Gasteiger partial charge in [0.1, 0.15) is 0 Å². The minimum atomic E-state index is -0.252. The molecule has 0 bridgehead atoms. The zero-order valence-corrected chi connectivity index (χ0v) is 67.0. The fourth-order valence-corrected chi connectivity index (χ4v) is 19.4. The summed E-state index contributed by atoms with van der Waals surface area (Å²) in [5.74, 6) is 0. The van der Waals surface area contributed by atoms with E-state index in [0.717, 1.165) is 102 Å². The number of aromatic nitrogens is 2. The van der Waals surface area contributed by atoms with Gasteiger partial charge in [0.25, 0.3) is 13.4 Å². The lowest BCUT2D eigenvalue weighted by Crippen LogP contribution is -2.65. The Morgan fingerprint density at radius 3 is 0.833 bits per heavy atom. The molecule has 15 aromatic carbocycles. The molecule has 114 heavy (non-hydrogen) atoms. The lowest BCUT2D eigenvalue weighted by Gasteiger charge is -2.48. The summed E-state index contributed by atoms with van der Waals surface area (Å²) in [6.07, 6.45) is 0. The van der Waals surface area contributed by atoms with Gasteiger partial charge in [-0.1, -0.05) is 308 Å². The molecule has 0 spiro atoms. The molecule has 0 fully saturated rings. The summed E-state index contributed by atoms with van der Waals surface area (Å²) in [6.45, 7) is 27.6. The van der Waals surface area contributed by atoms with Crippen molar-refractivity contribution in [3.05, 3.63) is 350 Å². The number of nitrogens with zero attached hydrogens (tertiary/aromatic N) is 6. The van der Waals surface area contributed by atoms with Crippen LogP contribution in [-0.2, 0) is 21.7 Å². The molecule has 0 saturated carbocycles. The van der Waals surface area contributed by atoms with Crippen molar-refractivity contribution in [1.82, 2.24) is 9.13 Å². The smallest absolute Gasteiger partial charge is 0.252 e. The van der Waals surface area contributed by atoms with Gasteiger partial charge in [0, 0.05) is 95.2 Å². The maximum Gasteiger partial charge on any atom is 0.252 e. The van der Waals surface area contributed by atoms with Crippen LogP contribution in [0.1, 0.15) is 105 Å². The van der Waals surface area contributed by atoms with E-state index >= 15 is 0 Å². The lowest BCUT2D eigenvalue weighted by molar-refractivity contribution is 0.590. The Balaban J connectivity index is 0.939. The van der Waals surface area contributed by atoms with Crippen LogP contribution in [0.3, 0.4) is 0 Å². The van der Waals surface area contributed by atoms with E-state index in [1.807, 2.05) is 0 Å². The Bertz CT molecular complexity index is 6590. The van der Waals surface area contributed by atoms with Crippen LogP contribution in [0.15, 0.2) is 328 Å². The molecule has 0 atom stereocenters. The quantitative estimate of drug-likeness (QED) is 0.141. The molecule has 6 nitrogen and oxygen atoms in total. The topological polar surface area (TPSA) is 22.8 Å². The highest BCUT2D eigenvalue weighted by atomic mass is 15.2. The minimum absolute atomic E-state index is 0.110. The Labute approximate surface area is 670 Å². The summed E-state index contributed by atoms with van der Waals surface area (Å²) >= 11 is 0. The highest BCUT2D eigenvalue weighted by Gasteiger charge is 2.50. The maximum atomic E-state index is 2.75. The number of hydrogen-bond donors (Lipinski definition) is 0. The first kappa shape index (κ1) is 69.2. The zero-order chi connectivity index (χ0) is 77.6. The van der Waals surface area contributed by atoms with Crippen molar-refractivity contribution < 1.29 is 0 Å². The highest BCUT2D eigenvalue weighted by molar-refractivity contribution is 7.03. The van der Waals surface area contributed by atoms with Crippen molar-refractivity contribution in [2.75, 3.05) is 19.6 Å². The van der Waals surface area contributed by atoms with E-state index in [4.69, 9.17) is 0 Å². The zero-order valence-electron chi connectivity index (χ0n) is 67.0. The van der Waals surface area contributed by atoms with E-state index < -0.39 is 0 Å². The third-order valence-electron chi connectivity index (χ3n) is 25.0. The molecule has 0 aliphatic carbocycles. The van der Waals surface area contributed by atoms with Gasteiger partial charge < -0.3 is 28.7 Å². The standard InChI is InChI=1S/C106H90B2N6/c1-103(2,3)69-49-53-80-81-54-50-70(104(4,5)6)58-91(81)112(90(80)57-69)76-61-96-100-98(63-76)111(75-41-26-17-27-42-75)94-66-95-87(65-86(94)107(100)84-45-28-30-47-88(84)109(96)73-37-22-15-23-38-73)108-85-46-29-31-48-89(85)110(74-39-24-16-25-40-74)97-62-77(113-92-59-71(105(7,8)9)51-55-82(92)83-56-52-72(60-93(83)113)106(10,11)12)64-99(101(97)108)114(95)102-78(67-33-18-13-19-34-67)43-32-44-79(102)68-35-20-14-21-36-68/h13-66H,1-12H3. The van der Waals surface area contributed by atoms with Crippen LogP contribution in [0.25, 0.3) is 77.2 Å². The Morgan fingerprint density at radius 1 is 0.211 bits per heavy atom. The minimum Gasteiger partial charge on any atom is -0.311 e. The first-order valence-electron chi connectivity index (χ1n) is 40.6. The summed E-state index contributed by atoms with van der Waals surface area (Å²) < 4.78 is 5.24. The summed E-state index contributed by atoms with van der Waals surface area (Å²) in [4.78, 5) is 10.6. The third-order valence-corrected chi connectivity index (χ3v) is 25.0. The second kappa shape index (κ2) is 25.4. The summed E-state index contributed by atoms with van der Waals surface area (Å²) in [5.41, 5.74) is 37.2. The SMILES string of the molecule is CC(C)(C)c1ccc2c3ccc(C(C)(C)C)cc3n(-c3cc4c5c(c3)N(c3ccccc3)c3cc6c(cc3B5c3ccccc3N4c3ccccc3)B3c4ccccc4N(c4ccccc4)c4cc(-n5c7cc(C(C)(C)C)ccc7c7ccc(C(C)(C)C)cc75)cc(c43)N6c3c(-c4ccccc4)cccc3-c3ccccc3)c2c1. The molecule has 550 valence electrons. The molecule has 0 amide bonds. The molecule has 4 aliphatic heterocycles. The van der Waals surface area contributed by atoms with Crippen LogP contribution in [0.2, 0.25) is 0 Å². The number of benzene rings is 15. The molecule has 4 aliphatic rings. The lowest BCUT2D eigenvalue weighted by atomic mass is 9.30. The van der Waals surface area contributed by atoms with Crippen molar-refractivity contribution in [3.8, 4) is 33.6 Å².